The summed E-state index contributed by atoms with van der Waals surface area (Å²) in [6.45, 7) is 9.00. The fraction of sp³-hybridized carbons (Fsp3) is 0.0909. The van der Waals surface area contributed by atoms with E-state index in [1.165, 1.54) is 11.1 Å². The van der Waals surface area contributed by atoms with Gasteiger partial charge in [-0.3, -0.25) is 9.59 Å². The predicted octanol–water partition coefficient (Wildman–Crippen LogP) is -1.49. The number of hydrogen-bond donors (Lipinski definition) is 0. The van der Waals surface area contributed by atoms with E-state index in [1.807, 2.05) is 0 Å². The average Bonchev–Trinajstić information content (AvgIpc) is 2.67. The van der Waals surface area contributed by atoms with Crippen molar-refractivity contribution in [3.63, 3.8) is 0 Å². The SMILES string of the molecule is [Br-].[C]=O.[C]=O.[Fe+][CH]1C=Cc2ccccc21. The van der Waals surface area contributed by atoms with Crippen LogP contribution in [0.25, 0.3) is 6.08 Å². The van der Waals surface area contributed by atoms with Gasteiger partial charge in [0.25, 0.3) is 13.6 Å². The van der Waals surface area contributed by atoms with Crippen LogP contribution in [-0.2, 0) is 25.6 Å². The predicted molar refractivity (Wildman–Crippen MR) is 49.6 cm³/mol. The maximum absolute atomic E-state index is 7.50. The van der Waals surface area contributed by atoms with E-state index < -0.39 is 0 Å². The van der Waals surface area contributed by atoms with Crippen LogP contribution in [0.2, 0.25) is 0 Å². The fourth-order valence-corrected chi connectivity index (χ4v) is 1.59. The molecule has 2 nitrogen and oxygen atoms in total. The first-order chi connectivity index (χ1) is 6.88. The van der Waals surface area contributed by atoms with Crippen LogP contribution in [0.15, 0.2) is 30.3 Å². The first kappa shape index (κ1) is 16.7. The van der Waals surface area contributed by atoms with Crippen molar-refractivity contribution >= 4 is 19.7 Å². The zero-order chi connectivity index (χ0) is 11.0. The van der Waals surface area contributed by atoms with Crippen LogP contribution in [0, 0.1) is 0 Å². The summed E-state index contributed by atoms with van der Waals surface area (Å²) in [5, 5.41) is 0. The summed E-state index contributed by atoms with van der Waals surface area (Å²) < 4.78 is 0. The van der Waals surface area contributed by atoms with Gasteiger partial charge in [0, 0.05) is 0 Å². The van der Waals surface area contributed by atoms with Crippen LogP contribution in [0.1, 0.15) is 15.9 Å². The van der Waals surface area contributed by atoms with Gasteiger partial charge in [0.1, 0.15) is 0 Å². The van der Waals surface area contributed by atoms with E-state index in [0.717, 1.165) is 0 Å². The molecular weight excluding hydrogens is 300 g/mol. The molecule has 2 rings (SSSR count). The van der Waals surface area contributed by atoms with Gasteiger partial charge in [-0.25, -0.2) is 0 Å². The van der Waals surface area contributed by atoms with E-state index in [0.29, 0.717) is 4.82 Å². The summed E-state index contributed by atoms with van der Waals surface area (Å²) in [5.41, 5.74) is 2.67. The summed E-state index contributed by atoms with van der Waals surface area (Å²) in [6.07, 6.45) is 4.26. The maximum atomic E-state index is 7.50. The van der Waals surface area contributed by atoms with E-state index in [-0.39, 0.29) is 17.0 Å². The number of hydrogen-bond acceptors (Lipinski definition) is 2. The third kappa shape index (κ3) is 4.56. The van der Waals surface area contributed by atoms with Gasteiger partial charge in [0.15, 0.2) is 0 Å². The minimum absolute atomic E-state index is 0. The van der Waals surface area contributed by atoms with E-state index in [1.54, 1.807) is 0 Å². The molecule has 15 heavy (non-hydrogen) atoms. The molecule has 1 aliphatic rings. The third-order valence-corrected chi connectivity index (χ3v) is 2.28. The van der Waals surface area contributed by atoms with Gasteiger partial charge >= 0.3 is 68.4 Å². The molecule has 0 amide bonds. The van der Waals surface area contributed by atoms with Crippen LogP contribution in [0.3, 0.4) is 0 Å². The molecule has 1 unspecified atom stereocenters. The van der Waals surface area contributed by atoms with Crippen molar-refractivity contribution in [2.75, 3.05) is 0 Å². The molecule has 0 spiro atoms. The molecule has 0 heterocycles. The van der Waals surface area contributed by atoms with Crippen molar-refractivity contribution in [2.45, 2.75) is 4.82 Å². The third-order valence-electron chi connectivity index (χ3n) is 1.73. The number of fused-ring (bicyclic) bond motifs is 1. The summed E-state index contributed by atoms with van der Waals surface area (Å²) in [7, 11) is 0. The van der Waals surface area contributed by atoms with Gasteiger partial charge in [-0.1, -0.05) is 0 Å². The Bertz CT molecular complexity index is 313. The van der Waals surface area contributed by atoms with Gasteiger partial charge in [0.2, 0.25) is 0 Å². The van der Waals surface area contributed by atoms with Crippen molar-refractivity contribution in [3.05, 3.63) is 41.5 Å². The molecule has 4 radical (unpaired) electrons. The normalized spacial score (nSPS) is 14.6. The molecule has 0 bridgehead atoms. The molecule has 1 aromatic rings. The molecule has 0 saturated heterocycles. The zero-order valence-corrected chi connectivity index (χ0v) is 10.3. The van der Waals surface area contributed by atoms with Crippen LogP contribution in [0.4, 0.5) is 0 Å². The second kappa shape index (κ2) is 9.84. The molecule has 4 heteroatoms. The Kier molecular flexibility index (Phi) is 11.0. The van der Waals surface area contributed by atoms with Crippen molar-refractivity contribution < 1.29 is 42.6 Å². The number of allylic oxidation sites excluding steroid dienone is 1. The van der Waals surface area contributed by atoms with E-state index in [2.05, 4.69) is 66.0 Å². The molecule has 0 N–H and O–H groups in total. The van der Waals surface area contributed by atoms with Crippen LogP contribution >= 0.6 is 0 Å². The molecule has 1 aromatic carbocycles. The molecule has 1 aliphatic carbocycles. The second-order valence-electron chi connectivity index (χ2n) is 2.37. The number of benzene rings is 1. The number of carbonyl (C=O) groups excluding carboxylic acids is 2. The minimum atomic E-state index is 0. The first-order valence-corrected chi connectivity index (χ1v) is 4.32. The Balaban J connectivity index is 0. The quantitative estimate of drug-likeness (QED) is 0.548. The average molecular weight is 307 g/mol. The molecular formula is C11H7BrFeO2. The molecule has 0 aromatic heterocycles. The monoisotopic (exact) mass is 306 g/mol. The summed E-state index contributed by atoms with van der Waals surface area (Å²) >= 11 is 3.99. The second-order valence-corrected chi connectivity index (χ2v) is 3.06. The molecule has 78 valence electrons. The Morgan fingerprint density at radius 3 is 2.13 bits per heavy atom. The van der Waals surface area contributed by atoms with Gasteiger partial charge < -0.3 is 17.0 Å². The van der Waals surface area contributed by atoms with E-state index >= 15 is 0 Å². The Hall–Kier alpha value is -0.701. The van der Waals surface area contributed by atoms with Crippen molar-refractivity contribution in [2.24, 2.45) is 0 Å². The Morgan fingerprint density at radius 1 is 1.07 bits per heavy atom. The number of halogens is 1. The Labute approximate surface area is 108 Å². The van der Waals surface area contributed by atoms with Crippen molar-refractivity contribution in [1.29, 1.82) is 0 Å². The fourth-order valence-electron chi connectivity index (χ4n) is 1.20. The molecule has 0 aliphatic heterocycles. The summed E-state index contributed by atoms with van der Waals surface area (Å²) in [5.74, 6) is 0. The summed E-state index contributed by atoms with van der Waals surface area (Å²) in [6, 6.07) is 8.37. The van der Waals surface area contributed by atoms with E-state index in [9.17, 15) is 0 Å². The molecule has 1 atom stereocenters. The van der Waals surface area contributed by atoms with Crippen LogP contribution < -0.4 is 17.0 Å². The van der Waals surface area contributed by atoms with Gasteiger partial charge in [-0.15, -0.1) is 0 Å². The standard InChI is InChI=1S/C9H7.2CO.BrH.Fe/c1-2-5-9-7-3-6-8(9)4-1;2*1-2;;/h1-7H;;;1H;/q;;;;+1/p-1. The zero-order valence-electron chi connectivity index (χ0n) is 7.59. The van der Waals surface area contributed by atoms with Crippen LogP contribution in [0.5, 0.6) is 0 Å². The Morgan fingerprint density at radius 2 is 1.60 bits per heavy atom. The molecule has 0 fully saturated rings. The van der Waals surface area contributed by atoms with Crippen LogP contribution in [-0.4, -0.2) is 13.6 Å². The van der Waals surface area contributed by atoms with Gasteiger partial charge in [-0.05, 0) is 0 Å². The van der Waals surface area contributed by atoms with Gasteiger partial charge in [-0.2, -0.15) is 0 Å². The van der Waals surface area contributed by atoms with Crippen molar-refractivity contribution in [1.82, 2.24) is 0 Å². The van der Waals surface area contributed by atoms with Crippen molar-refractivity contribution in [3.8, 4) is 0 Å². The molecule has 0 saturated carbocycles. The number of rotatable bonds is 0. The van der Waals surface area contributed by atoms with Gasteiger partial charge in [0.05, 0.1) is 0 Å². The topological polar surface area (TPSA) is 34.1 Å². The summed E-state index contributed by atoms with van der Waals surface area (Å²) in [4.78, 5) is 15.4. The first-order valence-electron chi connectivity index (χ1n) is 3.68. The van der Waals surface area contributed by atoms with E-state index in [4.69, 9.17) is 9.59 Å².